The number of hydrogen-bond acceptors (Lipinski definition) is 5. The molecule has 2 aromatic rings. The van der Waals surface area contributed by atoms with Gasteiger partial charge >= 0.3 is 0 Å². The maximum Gasteiger partial charge on any atom is 0.214 e. The summed E-state index contributed by atoms with van der Waals surface area (Å²) in [5.41, 5.74) is 2.07. The van der Waals surface area contributed by atoms with Crippen molar-refractivity contribution in [1.29, 1.82) is 0 Å². The molecule has 6 heteroatoms. The van der Waals surface area contributed by atoms with Gasteiger partial charge in [-0.05, 0) is 29.5 Å². The lowest BCUT2D eigenvalue weighted by molar-refractivity contribution is -0.105. The van der Waals surface area contributed by atoms with Gasteiger partial charge in [-0.2, -0.15) is 4.68 Å². The Morgan fingerprint density at radius 1 is 1.38 bits per heavy atom. The van der Waals surface area contributed by atoms with Crippen molar-refractivity contribution >= 4 is 18.0 Å². The Labute approximate surface area is 96.9 Å². The van der Waals surface area contributed by atoms with Gasteiger partial charge in [0.2, 0.25) is 5.16 Å². The minimum atomic E-state index is 0.353. The standard InChI is InChI=1S/C10H10N4OS/c1-8-2-4-9(5-3-8)14-10(11-12-13-14)16-7-6-15/h2-6H,7H2,1H3. The van der Waals surface area contributed by atoms with E-state index in [9.17, 15) is 4.79 Å². The number of nitrogens with zero attached hydrogens (tertiary/aromatic N) is 4. The highest BCUT2D eigenvalue weighted by atomic mass is 32.2. The summed E-state index contributed by atoms with van der Waals surface area (Å²) in [6, 6.07) is 7.86. The molecule has 0 amide bonds. The van der Waals surface area contributed by atoms with E-state index in [0.717, 1.165) is 12.0 Å². The molecule has 0 aliphatic heterocycles. The number of benzene rings is 1. The van der Waals surface area contributed by atoms with Gasteiger partial charge in [-0.1, -0.05) is 29.5 Å². The normalized spacial score (nSPS) is 10.3. The van der Waals surface area contributed by atoms with Crippen molar-refractivity contribution in [3.05, 3.63) is 29.8 Å². The largest absolute Gasteiger partial charge is 0.302 e. The number of carbonyl (C=O) groups is 1. The van der Waals surface area contributed by atoms with Crippen LogP contribution in [0, 0.1) is 6.92 Å². The van der Waals surface area contributed by atoms with Crippen LogP contribution in [0.5, 0.6) is 0 Å². The molecule has 0 spiro atoms. The Hall–Kier alpha value is -1.69. The summed E-state index contributed by atoms with van der Waals surface area (Å²) < 4.78 is 1.62. The molecule has 1 aromatic carbocycles. The lowest BCUT2D eigenvalue weighted by Crippen LogP contribution is -1.99. The number of tetrazole rings is 1. The average molecular weight is 234 g/mol. The van der Waals surface area contributed by atoms with E-state index in [1.807, 2.05) is 31.2 Å². The lowest BCUT2D eigenvalue weighted by atomic mass is 10.2. The zero-order valence-corrected chi connectivity index (χ0v) is 9.52. The van der Waals surface area contributed by atoms with Crippen LogP contribution in [-0.4, -0.2) is 32.2 Å². The number of aromatic nitrogens is 4. The van der Waals surface area contributed by atoms with Crippen LogP contribution in [0.3, 0.4) is 0 Å². The molecule has 5 nitrogen and oxygen atoms in total. The Morgan fingerprint density at radius 3 is 2.81 bits per heavy atom. The molecule has 16 heavy (non-hydrogen) atoms. The Balaban J connectivity index is 2.29. The van der Waals surface area contributed by atoms with Crippen LogP contribution < -0.4 is 0 Å². The van der Waals surface area contributed by atoms with Crippen LogP contribution in [0.1, 0.15) is 5.56 Å². The molecule has 0 bridgehead atoms. The molecule has 0 fully saturated rings. The van der Waals surface area contributed by atoms with E-state index in [4.69, 9.17) is 0 Å². The van der Waals surface area contributed by atoms with Crippen LogP contribution in [0.4, 0.5) is 0 Å². The van der Waals surface area contributed by atoms with Crippen LogP contribution in [0.2, 0.25) is 0 Å². The van der Waals surface area contributed by atoms with E-state index >= 15 is 0 Å². The minimum Gasteiger partial charge on any atom is -0.302 e. The van der Waals surface area contributed by atoms with Crippen LogP contribution in [-0.2, 0) is 4.79 Å². The topological polar surface area (TPSA) is 60.7 Å². The van der Waals surface area contributed by atoms with Gasteiger partial charge in [0.1, 0.15) is 6.29 Å². The number of rotatable bonds is 4. The fourth-order valence-electron chi connectivity index (χ4n) is 1.23. The van der Waals surface area contributed by atoms with Crippen molar-refractivity contribution < 1.29 is 4.79 Å². The SMILES string of the molecule is Cc1ccc(-n2nnnc2SCC=O)cc1. The summed E-state index contributed by atoms with van der Waals surface area (Å²) in [5.74, 6) is 0.353. The summed E-state index contributed by atoms with van der Waals surface area (Å²) in [4.78, 5) is 10.3. The van der Waals surface area contributed by atoms with Gasteiger partial charge in [0.15, 0.2) is 0 Å². The smallest absolute Gasteiger partial charge is 0.214 e. The van der Waals surface area contributed by atoms with E-state index in [2.05, 4.69) is 15.5 Å². The quantitative estimate of drug-likeness (QED) is 0.588. The van der Waals surface area contributed by atoms with Crippen molar-refractivity contribution in [2.45, 2.75) is 12.1 Å². The molecule has 82 valence electrons. The molecule has 0 saturated carbocycles. The monoisotopic (exact) mass is 234 g/mol. The molecule has 0 atom stereocenters. The highest BCUT2D eigenvalue weighted by Crippen LogP contribution is 2.17. The summed E-state index contributed by atoms with van der Waals surface area (Å²) in [5, 5.41) is 12.0. The van der Waals surface area contributed by atoms with Gasteiger partial charge in [0.25, 0.3) is 0 Å². The number of aldehydes is 1. The van der Waals surface area contributed by atoms with Gasteiger partial charge in [-0.3, -0.25) is 0 Å². The zero-order chi connectivity index (χ0) is 11.4. The summed E-state index contributed by atoms with van der Waals surface area (Å²) in [7, 11) is 0. The fourth-order valence-corrected chi connectivity index (χ4v) is 1.80. The van der Waals surface area contributed by atoms with Crippen molar-refractivity contribution in [3.8, 4) is 5.69 Å². The van der Waals surface area contributed by atoms with Gasteiger partial charge in [-0.25, -0.2) is 0 Å². The first-order valence-corrected chi connectivity index (χ1v) is 5.71. The molecule has 0 unspecified atom stereocenters. The Kier molecular flexibility index (Phi) is 3.31. The number of aryl methyl sites for hydroxylation is 1. The highest BCUT2D eigenvalue weighted by molar-refractivity contribution is 7.99. The van der Waals surface area contributed by atoms with E-state index < -0.39 is 0 Å². The van der Waals surface area contributed by atoms with E-state index in [1.165, 1.54) is 17.3 Å². The molecule has 0 radical (unpaired) electrons. The van der Waals surface area contributed by atoms with Crippen LogP contribution in [0.15, 0.2) is 29.4 Å². The van der Waals surface area contributed by atoms with Gasteiger partial charge in [-0.15, -0.1) is 5.10 Å². The molecule has 0 saturated heterocycles. The molecule has 1 aromatic heterocycles. The average Bonchev–Trinajstić information content (AvgIpc) is 2.75. The Morgan fingerprint density at radius 2 is 2.12 bits per heavy atom. The Bertz CT molecular complexity index is 480. The summed E-state index contributed by atoms with van der Waals surface area (Å²) in [6.45, 7) is 2.02. The van der Waals surface area contributed by atoms with E-state index in [-0.39, 0.29) is 0 Å². The molecular formula is C10H10N4OS. The lowest BCUT2D eigenvalue weighted by Gasteiger charge is -2.02. The number of carbonyl (C=O) groups excluding carboxylic acids is 1. The van der Waals surface area contributed by atoms with E-state index in [1.54, 1.807) is 4.68 Å². The van der Waals surface area contributed by atoms with E-state index in [0.29, 0.717) is 10.9 Å². The maximum atomic E-state index is 10.3. The van der Waals surface area contributed by atoms with Gasteiger partial charge in [0.05, 0.1) is 11.4 Å². The molecule has 2 rings (SSSR count). The zero-order valence-electron chi connectivity index (χ0n) is 8.70. The van der Waals surface area contributed by atoms with Gasteiger partial charge < -0.3 is 4.79 Å². The third-order valence-corrected chi connectivity index (χ3v) is 2.82. The number of hydrogen-bond donors (Lipinski definition) is 0. The first-order valence-electron chi connectivity index (χ1n) is 4.73. The second-order valence-electron chi connectivity index (χ2n) is 3.19. The number of thioether (sulfide) groups is 1. The third-order valence-electron chi connectivity index (χ3n) is 2.00. The fraction of sp³-hybridized carbons (Fsp3) is 0.200. The molecule has 1 heterocycles. The molecule has 0 N–H and O–H groups in total. The first kappa shape index (κ1) is 10.8. The predicted octanol–water partition coefficient (Wildman–Crippen LogP) is 1.26. The molecule has 0 aliphatic carbocycles. The molecule has 0 aliphatic rings. The van der Waals surface area contributed by atoms with Crippen molar-refractivity contribution in [2.75, 3.05) is 5.75 Å². The van der Waals surface area contributed by atoms with Crippen LogP contribution in [0.25, 0.3) is 5.69 Å². The second kappa shape index (κ2) is 4.89. The predicted molar refractivity (Wildman–Crippen MR) is 60.7 cm³/mol. The van der Waals surface area contributed by atoms with Crippen molar-refractivity contribution in [3.63, 3.8) is 0 Å². The summed E-state index contributed by atoms with van der Waals surface area (Å²) in [6.07, 6.45) is 0.832. The second-order valence-corrected chi connectivity index (χ2v) is 4.17. The summed E-state index contributed by atoms with van der Waals surface area (Å²) >= 11 is 1.31. The first-order chi connectivity index (χ1) is 7.81. The van der Waals surface area contributed by atoms with Crippen molar-refractivity contribution in [1.82, 2.24) is 20.2 Å². The highest BCUT2D eigenvalue weighted by Gasteiger charge is 2.07. The van der Waals surface area contributed by atoms with Crippen molar-refractivity contribution in [2.24, 2.45) is 0 Å². The third kappa shape index (κ3) is 2.27. The van der Waals surface area contributed by atoms with Crippen LogP contribution >= 0.6 is 11.8 Å². The minimum absolute atomic E-state index is 0.353. The van der Waals surface area contributed by atoms with Gasteiger partial charge in [0, 0.05) is 0 Å². The maximum absolute atomic E-state index is 10.3. The molecular weight excluding hydrogens is 224 g/mol.